The maximum absolute atomic E-state index is 11.6. The van der Waals surface area contributed by atoms with Crippen molar-refractivity contribution in [3.05, 3.63) is 18.2 Å². The number of nitrogens with one attached hydrogen (secondary N) is 2. The van der Waals surface area contributed by atoms with Crippen LogP contribution in [-0.2, 0) is 14.3 Å². The van der Waals surface area contributed by atoms with Gasteiger partial charge in [-0.3, -0.25) is 9.59 Å². The SMILES string of the molecule is CC(C)(C)OC(=O)C[C@@H](O)CNc1ccc2c(c1)NC(=O)CS2. The molecule has 0 radical (unpaired) electrons. The van der Waals surface area contributed by atoms with Gasteiger partial charge in [-0.1, -0.05) is 0 Å². The van der Waals surface area contributed by atoms with Crippen molar-refractivity contribution >= 4 is 35.0 Å². The van der Waals surface area contributed by atoms with Gasteiger partial charge in [0.1, 0.15) is 5.60 Å². The molecule has 0 aliphatic carbocycles. The van der Waals surface area contributed by atoms with Gasteiger partial charge in [-0.25, -0.2) is 0 Å². The maximum Gasteiger partial charge on any atom is 0.309 e. The van der Waals surface area contributed by atoms with E-state index in [0.29, 0.717) is 5.75 Å². The fourth-order valence-corrected chi connectivity index (χ4v) is 2.86. The minimum atomic E-state index is -0.843. The number of amides is 1. The maximum atomic E-state index is 11.6. The van der Waals surface area contributed by atoms with Crippen LogP contribution in [0, 0.1) is 0 Å². The van der Waals surface area contributed by atoms with Crippen molar-refractivity contribution in [2.75, 3.05) is 22.9 Å². The molecule has 1 aliphatic heterocycles. The highest BCUT2D eigenvalue weighted by molar-refractivity contribution is 8.00. The Morgan fingerprint density at radius 3 is 2.91 bits per heavy atom. The fourth-order valence-electron chi connectivity index (χ4n) is 2.08. The summed E-state index contributed by atoms with van der Waals surface area (Å²) in [7, 11) is 0. The molecule has 2 rings (SSSR count). The van der Waals surface area contributed by atoms with Crippen molar-refractivity contribution in [2.45, 2.75) is 43.8 Å². The molecule has 1 aromatic rings. The number of rotatable bonds is 5. The van der Waals surface area contributed by atoms with Gasteiger partial charge in [0.05, 0.1) is 24.0 Å². The number of thioether (sulfide) groups is 1. The lowest BCUT2D eigenvalue weighted by atomic mass is 10.2. The van der Waals surface area contributed by atoms with Gasteiger partial charge < -0.3 is 20.5 Å². The van der Waals surface area contributed by atoms with E-state index in [2.05, 4.69) is 10.6 Å². The topological polar surface area (TPSA) is 87.7 Å². The summed E-state index contributed by atoms with van der Waals surface area (Å²) in [6.07, 6.45) is -0.910. The number of benzene rings is 1. The van der Waals surface area contributed by atoms with Crippen LogP contribution in [0.1, 0.15) is 27.2 Å². The molecule has 1 aromatic carbocycles. The highest BCUT2D eigenvalue weighted by Crippen LogP contribution is 2.33. The molecule has 1 atom stereocenters. The zero-order valence-electron chi connectivity index (χ0n) is 13.5. The molecule has 0 aromatic heterocycles. The van der Waals surface area contributed by atoms with E-state index in [1.54, 1.807) is 20.8 Å². The van der Waals surface area contributed by atoms with Crippen LogP contribution >= 0.6 is 11.8 Å². The second-order valence-corrected chi connectivity index (χ2v) is 7.39. The molecule has 1 amide bonds. The standard InChI is InChI=1S/C16H22N2O4S/c1-16(2,3)22-15(21)7-11(19)8-17-10-4-5-13-12(6-10)18-14(20)9-23-13/h4-6,11,17,19H,7-9H2,1-3H3,(H,18,20)/t11-/m1/s1. The lowest BCUT2D eigenvalue weighted by Gasteiger charge is -2.21. The number of carbonyl (C=O) groups is 2. The van der Waals surface area contributed by atoms with Crippen LogP contribution in [0.3, 0.4) is 0 Å². The first-order valence-electron chi connectivity index (χ1n) is 7.43. The average molecular weight is 338 g/mol. The van der Waals surface area contributed by atoms with Crippen molar-refractivity contribution in [3.8, 4) is 0 Å². The van der Waals surface area contributed by atoms with Gasteiger partial charge in [0, 0.05) is 17.1 Å². The molecule has 0 fully saturated rings. The van der Waals surface area contributed by atoms with Gasteiger partial charge in [0.15, 0.2) is 0 Å². The van der Waals surface area contributed by atoms with E-state index >= 15 is 0 Å². The summed E-state index contributed by atoms with van der Waals surface area (Å²) in [5.41, 5.74) is 0.978. The lowest BCUT2D eigenvalue weighted by Crippen LogP contribution is -2.29. The smallest absolute Gasteiger partial charge is 0.309 e. The van der Waals surface area contributed by atoms with E-state index in [0.717, 1.165) is 16.3 Å². The van der Waals surface area contributed by atoms with Gasteiger partial charge in [-0.2, -0.15) is 0 Å². The number of hydrogen-bond acceptors (Lipinski definition) is 6. The van der Waals surface area contributed by atoms with Crippen molar-refractivity contribution in [2.24, 2.45) is 0 Å². The normalized spacial score (nSPS) is 15.4. The Kier molecular flexibility index (Phi) is 5.54. The highest BCUT2D eigenvalue weighted by Gasteiger charge is 2.19. The number of carbonyl (C=O) groups excluding carboxylic acids is 2. The minimum Gasteiger partial charge on any atom is -0.460 e. The third-order valence-electron chi connectivity index (χ3n) is 2.98. The number of esters is 1. The van der Waals surface area contributed by atoms with Gasteiger partial charge in [0.2, 0.25) is 5.91 Å². The predicted molar refractivity (Wildman–Crippen MR) is 90.8 cm³/mol. The molecule has 126 valence electrons. The second-order valence-electron chi connectivity index (χ2n) is 6.37. The molecule has 1 aliphatic rings. The molecule has 0 bridgehead atoms. The van der Waals surface area contributed by atoms with Crippen LogP contribution in [-0.4, -0.2) is 41.0 Å². The first-order chi connectivity index (χ1) is 10.7. The van der Waals surface area contributed by atoms with Crippen molar-refractivity contribution in [1.29, 1.82) is 0 Å². The van der Waals surface area contributed by atoms with Gasteiger partial charge >= 0.3 is 5.97 Å². The summed E-state index contributed by atoms with van der Waals surface area (Å²) in [4.78, 5) is 24.1. The first-order valence-corrected chi connectivity index (χ1v) is 8.42. The minimum absolute atomic E-state index is 0.0235. The molecule has 1 heterocycles. The molecule has 6 nitrogen and oxygen atoms in total. The third kappa shape index (κ3) is 5.76. The predicted octanol–water partition coefficient (Wildman–Crippen LogP) is 2.24. The number of ether oxygens (including phenoxy) is 1. The summed E-state index contributed by atoms with van der Waals surface area (Å²) < 4.78 is 5.17. The van der Waals surface area contributed by atoms with Crippen LogP contribution in [0.5, 0.6) is 0 Å². The Morgan fingerprint density at radius 1 is 1.48 bits per heavy atom. The number of hydrogen-bond donors (Lipinski definition) is 3. The van der Waals surface area contributed by atoms with Crippen LogP contribution in [0.4, 0.5) is 11.4 Å². The van der Waals surface area contributed by atoms with Crippen LogP contribution < -0.4 is 10.6 Å². The van der Waals surface area contributed by atoms with E-state index in [-0.39, 0.29) is 18.9 Å². The molecule has 3 N–H and O–H groups in total. The molecule has 0 unspecified atom stereocenters. The molecule has 23 heavy (non-hydrogen) atoms. The second kappa shape index (κ2) is 7.23. The Labute approximate surface area is 140 Å². The Morgan fingerprint density at radius 2 is 2.22 bits per heavy atom. The van der Waals surface area contributed by atoms with Crippen LogP contribution in [0.25, 0.3) is 0 Å². The summed E-state index contributed by atoms with van der Waals surface area (Å²) in [6.45, 7) is 5.58. The van der Waals surface area contributed by atoms with Crippen molar-refractivity contribution < 1.29 is 19.4 Å². The number of aliphatic hydroxyl groups excluding tert-OH is 1. The zero-order valence-corrected chi connectivity index (χ0v) is 14.3. The number of fused-ring (bicyclic) bond motifs is 1. The van der Waals surface area contributed by atoms with E-state index in [1.807, 2.05) is 18.2 Å². The number of aliphatic hydroxyl groups is 1. The lowest BCUT2D eigenvalue weighted by molar-refractivity contribution is -0.156. The van der Waals surface area contributed by atoms with E-state index in [1.165, 1.54) is 11.8 Å². The van der Waals surface area contributed by atoms with Gasteiger partial charge in [0.25, 0.3) is 0 Å². The quantitative estimate of drug-likeness (QED) is 0.714. The average Bonchev–Trinajstić information content (AvgIpc) is 2.42. The molecule has 0 saturated carbocycles. The van der Waals surface area contributed by atoms with E-state index in [9.17, 15) is 14.7 Å². The monoisotopic (exact) mass is 338 g/mol. The van der Waals surface area contributed by atoms with Crippen LogP contribution in [0.2, 0.25) is 0 Å². The van der Waals surface area contributed by atoms with E-state index in [4.69, 9.17) is 4.74 Å². The Bertz CT molecular complexity index is 598. The third-order valence-corrected chi connectivity index (χ3v) is 4.05. The Balaban J connectivity index is 1.85. The van der Waals surface area contributed by atoms with Gasteiger partial charge in [-0.05, 0) is 39.0 Å². The highest BCUT2D eigenvalue weighted by atomic mass is 32.2. The molecule has 7 heteroatoms. The molecular formula is C16H22N2O4S. The fraction of sp³-hybridized carbons (Fsp3) is 0.500. The van der Waals surface area contributed by atoms with E-state index < -0.39 is 17.7 Å². The molecule has 0 spiro atoms. The van der Waals surface area contributed by atoms with Crippen molar-refractivity contribution in [1.82, 2.24) is 0 Å². The van der Waals surface area contributed by atoms with Crippen LogP contribution in [0.15, 0.2) is 23.1 Å². The summed E-state index contributed by atoms with van der Waals surface area (Å²) in [5.74, 6) is -0.0282. The number of anilines is 2. The molecule has 0 saturated heterocycles. The largest absolute Gasteiger partial charge is 0.460 e. The molecular weight excluding hydrogens is 316 g/mol. The summed E-state index contributed by atoms with van der Waals surface area (Å²) >= 11 is 1.49. The Hall–Kier alpha value is -1.73. The van der Waals surface area contributed by atoms with Gasteiger partial charge in [-0.15, -0.1) is 11.8 Å². The first kappa shape index (κ1) is 17.6. The summed E-state index contributed by atoms with van der Waals surface area (Å²) in [6, 6.07) is 5.62. The summed E-state index contributed by atoms with van der Waals surface area (Å²) in [5, 5.41) is 15.8. The van der Waals surface area contributed by atoms with Crippen molar-refractivity contribution in [3.63, 3.8) is 0 Å². The zero-order chi connectivity index (χ0) is 17.0.